The summed E-state index contributed by atoms with van der Waals surface area (Å²) in [5, 5.41) is 16.4. The smallest absolute Gasteiger partial charge is 0.323 e. The van der Waals surface area contributed by atoms with Gasteiger partial charge in [-0.25, -0.2) is 0 Å². The van der Waals surface area contributed by atoms with E-state index in [2.05, 4.69) is 10.2 Å². The summed E-state index contributed by atoms with van der Waals surface area (Å²) in [7, 11) is 0. The van der Waals surface area contributed by atoms with Gasteiger partial charge in [0.15, 0.2) is 0 Å². The van der Waals surface area contributed by atoms with Gasteiger partial charge in [-0.3, -0.25) is 4.79 Å². The lowest BCUT2D eigenvalue weighted by Gasteiger charge is -2.03. The summed E-state index contributed by atoms with van der Waals surface area (Å²) in [6.07, 6.45) is 1.71. The minimum Gasteiger partial charge on any atom is -0.480 e. The molecule has 0 aliphatic heterocycles. The maximum Gasteiger partial charge on any atom is 0.323 e. The Morgan fingerprint density at radius 1 is 1.54 bits per heavy atom. The van der Waals surface area contributed by atoms with E-state index in [1.54, 1.807) is 11.5 Å². The Labute approximate surface area is 76.4 Å². The maximum atomic E-state index is 10.5. The van der Waals surface area contributed by atoms with E-state index in [0.29, 0.717) is 5.82 Å². The lowest BCUT2D eigenvalue weighted by atomic mass is 10.3. The predicted octanol–water partition coefficient (Wildman–Crippen LogP) is 0.624. The first-order chi connectivity index (χ1) is 6.15. The summed E-state index contributed by atoms with van der Waals surface area (Å²) in [4.78, 5) is 10.5. The van der Waals surface area contributed by atoms with E-state index in [0.717, 1.165) is 18.7 Å². The van der Waals surface area contributed by atoms with Gasteiger partial charge in [0.05, 0.1) is 0 Å². The molecule has 0 radical (unpaired) electrons. The number of hydrogen-bond donors (Lipinski definition) is 1. The zero-order valence-electron chi connectivity index (χ0n) is 7.82. The van der Waals surface area contributed by atoms with E-state index in [9.17, 15) is 4.79 Å². The predicted molar refractivity (Wildman–Crippen MR) is 46.4 cm³/mol. The van der Waals surface area contributed by atoms with Gasteiger partial charge in [0.2, 0.25) is 0 Å². The summed E-state index contributed by atoms with van der Waals surface area (Å²) >= 11 is 0. The minimum atomic E-state index is -0.861. The number of hydrogen-bond acceptors (Lipinski definition) is 3. The molecular weight excluding hydrogens is 170 g/mol. The second-order valence-corrected chi connectivity index (χ2v) is 2.89. The minimum absolute atomic E-state index is 0.0475. The second kappa shape index (κ2) is 4.02. The molecule has 0 saturated carbocycles. The highest BCUT2D eigenvalue weighted by Crippen LogP contribution is 2.03. The highest BCUT2D eigenvalue weighted by atomic mass is 16.4. The van der Waals surface area contributed by atoms with Gasteiger partial charge >= 0.3 is 5.97 Å². The molecule has 1 aromatic rings. The number of carboxylic acid groups (broad SMARTS) is 1. The third-order valence-corrected chi connectivity index (χ3v) is 1.78. The molecule has 0 aliphatic rings. The Morgan fingerprint density at radius 2 is 2.23 bits per heavy atom. The number of aryl methyl sites for hydroxylation is 2. The van der Waals surface area contributed by atoms with Gasteiger partial charge < -0.3 is 9.67 Å². The molecule has 0 atom stereocenters. The van der Waals surface area contributed by atoms with Gasteiger partial charge in [-0.15, -0.1) is 10.2 Å². The van der Waals surface area contributed by atoms with Crippen molar-refractivity contribution < 1.29 is 9.90 Å². The molecule has 0 bridgehead atoms. The van der Waals surface area contributed by atoms with Crippen molar-refractivity contribution >= 4 is 5.97 Å². The normalized spacial score (nSPS) is 10.3. The Morgan fingerprint density at radius 3 is 2.77 bits per heavy atom. The van der Waals surface area contributed by atoms with Crippen LogP contribution in [0.4, 0.5) is 0 Å². The van der Waals surface area contributed by atoms with Gasteiger partial charge in [0.1, 0.15) is 18.2 Å². The van der Waals surface area contributed by atoms with Gasteiger partial charge in [-0.2, -0.15) is 0 Å². The molecule has 13 heavy (non-hydrogen) atoms. The van der Waals surface area contributed by atoms with Crippen LogP contribution in [0.1, 0.15) is 25.0 Å². The number of nitrogens with zero attached hydrogens (tertiary/aromatic N) is 3. The fraction of sp³-hybridized carbons (Fsp3) is 0.625. The van der Waals surface area contributed by atoms with Crippen LogP contribution in [0, 0.1) is 6.92 Å². The Bertz CT molecular complexity index is 306. The van der Waals surface area contributed by atoms with Crippen molar-refractivity contribution in [1.29, 1.82) is 0 Å². The van der Waals surface area contributed by atoms with Crippen LogP contribution in [0.2, 0.25) is 0 Å². The zero-order chi connectivity index (χ0) is 9.84. The molecule has 72 valence electrons. The Balaban J connectivity index is 2.87. The molecule has 1 heterocycles. The third-order valence-electron chi connectivity index (χ3n) is 1.78. The molecule has 0 unspecified atom stereocenters. The van der Waals surface area contributed by atoms with Crippen molar-refractivity contribution in [3.63, 3.8) is 0 Å². The lowest BCUT2D eigenvalue weighted by Crippen LogP contribution is -2.13. The summed E-state index contributed by atoms with van der Waals surface area (Å²) in [5.41, 5.74) is 0. The van der Waals surface area contributed by atoms with Gasteiger partial charge in [-0.05, 0) is 13.3 Å². The lowest BCUT2D eigenvalue weighted by molar-refractivity contribution is -0.137. The molecule has 1 rings (SSSR count). The monoisotopic (exact) mass is 183 g/mol. The molecule has 0 fully saturated rings. The highest BCUT2D eigenvalue weighted by Gasteiger charge is 2.10. The topological polar surface area (TPSA) is 68.0 Å². The van der Waals surface area contributed by atoms with Crippen LogP contribution >= 0.6 is 0 Å². The third kappa shape index (κ3) is 2.27. The SMILES string of the molecule is CCCc1nnc(C)n1CC(=O)O. The van der Waals surface area contributed by atoms with Crippen LogP contribution in [-0.4, -0.2) is 25.8 Å². The molecule has 0 amide bonds. The summed E-state index contributed by atoms with van der Waals surface area (Å²) < 4.78 is 1.63. The highest BCUT2D eigenvalue weighted by molar-refractivity contribution is 5.66. The quantitative estimate of drug-likeness (QED) is 0.743. The van der Waals surface area contributed by atoms with E-state index < -0.39 is 5.97 Å². The van der Waals surface area contributed by atoms with Crippen molar-refractivity contribution in [3.8, 4) is 0 Å². The second-order valence-electron chi connectivity index (χ2n) is 2.89. The van der Waals surface area contributed by atoms with Crippen molar-refractivity contribution in [2.45, 2.75) is 33.2 Å². The van der Waals surface area contributed by atoms with E-state index >= 15 is 0 Å². The van der Waals surface area contributed by atoms with Crippen LogP contribution in [0.3, 0.4) is 0 Å². The van der Waals surface area contributed by atoms with Crippen molar-refractivity contribution in [2.75, 3.05) is 0 Å². The van der Waals surface area contributed by atoms with Gasteiger partial charge in [0.25, 0.3) is 0 Å². The molecule has 0 aromatic carbocycles. The maximum absolute atomic E-state index is 10.5. The first kappa shape index (κ1) is 9.70. The van der Waals surface area contributed by atoms with E-state index in [-0.39, 0.29) is 6.54 Å². The zero-order valence-corrected chi connectivity index (χ0v) is 7.82. The van der Waals surface area contributed by atoms with Gasteiger partial charge in [-0.1, -0.05) is 6.92 Å². The Kier molecular flexibility index (Phi) is 3.00. The van der Waals surface area contributed by atoms with Crippen LogP contribution in [-0.2, 0) is 17.8 Å². The largest absolute Gasteiger partial charge is 0.480 e. The molecule has 0 spiro atoms. The average molecular weight is 183 g/mol. The summed E-state index contributed by atoms with van der Waals surface area (Å²) in [6.45, 7) is 3.73. The number of aromatic nitrogens is 3. The van der Waals surface area contributed by atoms with Crippen LogP contribution in [0.25, 0.3) is 0 Å². The van der Waals surface area contributed by atoms with Gasteiger partial charge in [0, 0.05) is 6.42 Å². The number of rotatable bonds is 4. The Hall–Kier alpha value is -1.39. The first-order valence-electron chi connectivity index (χ1n) is 4.25. The van der Waals surface area contributed by atoms with Crippen LogP contribution in [0.15, 0.2) is 0 Å². The van der Waals surface area contributed by atoms with Crippen molar-refractivity contribution in [3.05, 3.63) is 11.6 Å². The number of aliphatic carboxylic acids is 1. The summed E-state index contributed by atoms with van der Waals surface area (Å²) in [5.74, 6) is 0.550. The van der Waals surface area contributed by atoms with Crippen LogP contribution in [0.5, 0.6) is 0 Å². The molecule has 5 nitrogen and oxygen atoms in total. The first-order valence-corrected chi connectivity index (χ1v) is 4.25. The van der Waals surface area contributed by atoms with E-state index in [1.165, 1.54) is 0 Å². The summed E-state index contributed by atoms with van der Waals surface area (Å²) in [6, 6.07) is 0. The fourth-order valence-electron chi connectivity index (χ4n) is 1.17. The molecule has 5 heteroatoms. The van der Waals surface area contributed by atoms with E-state index in [1.807, 2.05) is 6.92 Å². The molecule has 1 N–H and O–H groups in total. The molecule has 1 aromatic heterocycles. The van der Waals surface area contributed by atoms with Crippen LogP contribution < -0.4 is 0 Å². The van der Waals surface area contributed by atoms with E-state index in [4.69, 9.17) is 5.11 Å². The standard InChI is InChI=1S/C8H13N3O2/c1-3-4-7-10-9-6(2)11(7)5-8(12)13/h3-5H2,1-2H3,(H,12,13). The number of carboxylic acids is 1. The van der Waals surface area contributed by atoms with Crippen molar-refractivity contribution in [2.24, 2.45) is 0 Å². The molecule has 0 saturated heterocycles. The van der Waals surface area contributed by atoms with Crippen molar-refractivity contribution in [1.82, 2.24) is 14.8 Å². The average Bonchev–Trinajstić information content (AvgIpc) is 2.36. The number of carbonyl (C=O) groups is 1. The molecule has 0 aliphatic carbocycles. The molecular formula is C8H13N3O2. The fourth-order valence-corrected chi connectivity index (χ4v) is 1.17.